The summed E-state index contributed by atoms with van der Waals surface area (Å²) in [7, 11) is -1.73. The third-order valence-corrected chi connectivity index (χ3v) is 6.32. The highest BCUT2D eigenvalue weighted by molar-refractivity contribution is 7.88. The number of nitrogens with one attached hydrogen (secondary N) is 2. The Labute approximate surface area is 174 Å². The Hall–Kier alpha value is -2.39. The van der Waals surface area contributed by atoms with Gasteiger partial charge >= 0.3 is 0 Å². The van der Waals surface area contributed by atoms with E-state index < -0.39 is 28.4 Å². The minimum absolute atomic E-state index is 0.0243. The first-order valence-electron chi connectivity index (χ1n) is 8.90. The van der Waals surface area contributed by atoms with E-state index in [0.717, 1.165) is 11.1 Å². The minimum Gasteiger partial charge on any atom is -0.349 e. The molecule has 0 saturated carbocycles. The lowest BCUT2D eigenvalue weighted by Gasteiger charge is -2.15. The van der Waals surface area contributed by atoms with Crippen molar-refractivity contribution in [1.29, 1.82) is 0 Å². The topological polar surface area (TPSA) is 54.0 Å². The Morgan fingerprint density at radius 1 is 0.966 bits per heavy atom. The SMILES string of the molecule is CC.Cc1ccc(Nc2c(NS(=O)c3sc(C)nc3C)ccc(F)c2F)c(F)c1. The number of rotatable bonds is 5. The zero-order valence-corrected chi connectivity index (χ0v) is 18.3. The largest absolute Gasteiger partial charge is 0.349 e. The lowest BCUT2D eigenvalue weighted by molar-refractivity contribution is 0.512. The maximum absolute atomic E-state index is 14.4. The number of aryl methyl sites for hydroxylation is 3. The molecule has 1 unspecified atom stereocenters. The number of thiazole rings is 1. The molecule has 1 aromatic heterocycles. The zero-order valence-electron chi connectivity index (χ0n) is 16.7. The predicted molar refractivity (Wildman–Crippen MR) is 114 cm³/mol. The number of anilines is 3. The molecular weight excluding hydrogens is 419 g/mol. The van der Waals surface area contributed by atoms with Crippen molar-refractivity contribution in [3.8, 4) is 0 Å². The number of benzene rings is 2. The van der Waals surface area contributed by atoms with Crippen LogP contribution in [-0.2, 0) is 11.0 Å². The maximum Gasteiger partial charge on any atom is 0.184 e. The molecule has 0 radical (unpaired) electrons. The van der Waals surface area contributed by atoms with E-state index in [1.807, 2.05) is 13.8 Å². The second kappa shape index (κ2) is 9.89. The van der Waals surface area contributed by atoms with Crippen LogP contribution in [0.1, 0.15) is 30.1 Å². The molecule has 0 saturated heterocycles. The van der Waals surface area contributed by atoms with Crippen molar-refractivity contribution in [2.45, 2.75) is 38.8 Å². The second-order valence-corrected chi connectivity index (χ2v) is 8.48. The van der Waals surface area contributed by atoms with Crippen molar-refractivity contribution in [1.82, 2.24) is 4.98 Å². The van der Waals surface area contributed by atoms with Crippen molar-refractivity contribution >= 4 is 39.4 Å². The lowest BCUT2D eigenvalue weighted by atomic mass is 10.2. The molecule has 156 valence electrons. The maximum atomic E-state index is 14.4. The van der Waals surface area contributed by atoms with Crippen LogP contribution in [0.25, 0.3) is 0 Å². The van der Waals surface area contributed by atoms with Crippen molar-refractivity contribution in [2.75, 3.05) is 10.0 Å². The standard InChI is InChI=1S/C18H16F3N3OS2.C2H6/c1-9-4-6-14(13(20)8-9)23-17-15(7-5-12(19)16(17)21)24-27(25)18-10(2)22-11(3)26-18;1-2/h4-8,23-24H,1-3H3;1-2H3. The van der Waals surface area contributed by atoms with Crippen LogP contribution in [0.3, 0.4) is 0 Å². The molecule has 0 fully saturated rings. The van der Waals surface area contributed by atoms with Crippen LogP contribution in [0.4, 0.5) is 30.2 Å². The molecule has 2 N–H and O–H groups in total. The summed E-state index contributed by atoms with van der Waals surface area (Å²) in [5.41, 5.74) is 0.963. The van der Waals surface area contributed by atoms with Gasteiger partial charge in [0.25, 0.3) is 0 Å². The molecule has 29 heavy (non-hydrogen) atoms. The van der Waals surface area contributed by atoms with Gasteiger partial charge in [-0.25, -0.2) is 22.4 Å². The zero-order chi connectivity index (χ0) is 21.7. The van der Waals surface area contributed by atoms with E-state index in [9.17, 15) is 17.4 Å². The highest BCUT2D eigenvalue weighted by Gasteiger charge is 2.19. The fraction of sp³-hybridized carbons (Fsp3) is 0.250. The smallest absolute Gasteiger partial charge is 0.184 e. The van der Waals surface area contributed by atoms with E-state index in [0.29, 0.717) is 15.5 Å². The molecule has 0 spiro atoms. The number of halogens is 3. The van der Waals surface area contributed by atoms with Crippen LogP contribution in [0.15, 0.2) is 34.5 Å². The predicted octanol–water partition coefficient (Wildman–Crippen LogP) is 6.39. The van der Waals surface area contributed by atoms with Crippen LogP contribution < -0.4 is 10.0 Å². The number of aromatic nitrogens is 1. The Bertz CT molecular complexity index is 1040. The van der Waals surface area contributed by atoms with Gasteiger partial charge < -0.3 is 5.32 Å². The molecule has 2 aromatic carbocycles. The molecule has 9 heteroatoms. The summed E-state index contributed by atoms with van der Waals surface area (Å²) in [4.78, 5) is 4.20. The molecule has 0 aliphatic carbocycles. The van der Waals surface area contributed by atoms with Crippen LogP contribution in [0, 0.1) is 38.2 Å². The van der Waals surface area contributed by atoms with Gasteiger partial charge in [0.15, 0.2) is 22.6 Å². The first kappa shape index (κ1) is 22.9. The monoisotopic (exact) mass is 441 g/mol. The highest BCUT2D eigenvalue weighted by atomic mass is 32.2. The summed E-state index contributed by atoms with van der Waals surface area (Å²) in [5, 5.41) is 3.29. The summed E-state index contributed by atoms with van der Waals surface area (Å²) in [6.45, 7) is 9.21. The Balaban J connectivity index is 0.00000145. The summed E-state index contributed by atoms with van der Waals surface area (Å²) in [5.74, 6) is -2.92. The van der Waals surface area contributed by atoms with Gasteiger partial charge in [-0.15, -0.1) is 11.3 Å². The average Bonchev–Trinajstić information content (AvgIpc) is 3.03. The number of hydrogen-bond acceptors (Lipinski definition) is 4. The molecule has 0 amide bonds. The van der Waals surface area contributed by atoms with Crippen LogP contribution in [-0.4, -0.2) is 9.19 Å². The first-order chi connectivity index (χ1) is 13.8. The van der Waals surface area contributed by atoms with E-state index in [2.05, 4.69) is 15.0 Å². The number of nitrogens with zero attached hydrogens (tertiary/aromatic N) is 1. The molecule has 1 atom stereocenters. The van der Waals surface area contributed by atoms with Crippen molar-refractivity contribution < 1.29 is 17.4 Å². The quantitative estimate of drug-likeness (QED) is 0.482. The van der Waals surface area contributed by atoms with Crippen molar-refractivity contribution in [2.24, 2.45) is 0 Å². The third-order valence-electron chi connectivity index (χ3n) is 3.71. The molecule has 0 aliphatic rings. The van der Waals surface area contributed by atoms with Gasteiger partial charge in [0.1, 0.15) is 15.7 Å². The lowest BCUT2D eigenvalue weighted by Crippen LogP contribution is -2.09. The third kappa shape index (κ3) is 5.36. The van der Waals surface area contributed by atoms with Crippen LogP contribution in [0.5, 0.6) is 0 Å². The fourth-order valence-corrected chi connectivity index (χ4v) is 4.66. The average molecular weight is 442 g/mol. The first-order valence-corrected chi connectivity index (χ1v) is 10.9. The molecule has 0 aliphatic heterocycles. The molecule has 3 aromatic rings. The van der Waals surface area contributed by atoms with Gasteiger partial charge in [0.2, 0.25) is 0 Å². The van der Waals surface area contributed by atoms with E-state index in [-0.39, 0.29) is 17.1 Å². The van der Waals surface area contributed by atoms with Gasteiger partial charge in [0, 0.05) is 0 Å². The number of hydrogen-bond donors (Lipinski definition) is 2. The summed E-state index contributed by atoms with van der Waals surface area (Å²) in [6, 6.07) is 6.49. The van der Waals surface area contributed by atoms with Gasteiger partial charge in [-0.05, 0) is 50.6 Å². The summed E-state index contributed by atoms with van der Waals surface area (Å²) < 4.78 is 58.0. The van der Waals surface area contributed by atoms with E-state index in [1.165, 1.54) is 29.5 Å². The summed E-state index contributed by atoms with van der Waals surface area (Å²) in [6.07, 6.45) is 0. The highest BCUT2D eigenvalue weighted by Crippen LogP contribution is 2.33. The molecule has 3 rings (SSSR count). The van der Waals surface area contributed by atoms with Gasteiger partial charge in [-0.2, -0.15) is 0 Å². The Kier molecular flexibility index (Phi) is 7.80. The van der Waals surface area contributed by atoms with Crippen LogP contribution >= 0.6 is 11.3 Å². The van der Waals surface area contributed by atoms with E-state index in [1.54, 1.807) is 26.8 Å². The normalized spacial score (nSPS) is 11.4. The summed E-state index contributed by atoms with van der Waals surface area (Å²) >= 11 is 1.24. The molecular formula is C20H22F3N3OS2. The van der Waals surface area contributed by atoms with Gasteiger partial charge in [0.05, 0.1) is 22.1 Å². The van der Waals surface area contributed by atoms with E-state index >= 15 is 0 Å². The minimum atomic E-state index is -1.73. The van der Waals surface area contributed by atoms with Crippen molar-refractivity contribution in [3.63, 3.8) is 0 Å². The second-order valence-electron chi connectivity index (χ2n) is 5.87. The van der Waals surface area contributed by atoms with Crippen LogP contribution in [0.2, 0.25) is 0 Å². The molecule has 0 bridgehead atoms. The molecule has 4 nitrogen and oxygen atoms in total. The van der Waals surface area contributed by atoms with Gasteiger partial charge in [-0.3, -0.25) is 4.72 Å². The van der Waals surface area contributed by atoms with E-state index in [4.69, 9.17) is 0 Å². The Morgan fingerprint density at radius 3 is 2.21 bits per heavy atom. The van der Waals surface area contributed by atoms with Crippen molar-refractivity contribution in [3.05, 3.63) is 64.0 Å². The molecule has 1 heterocycles. The van der Waals surface area contributed by atoms with Gasteiger partial charge in [-0.1, -0.05) is 19.9 Å². The fourth-order valence-electron chi connectivity index (χ4n) is 2.44. The Morgan fingerprint density at radius 2 is 1.62 bits per heavy atom.